The number of ether oxygens (including phenoxy) is 1. The van der Waals surface area contributed by atoms with Crippen LogP contribution in [-0.2, 0) is 11.3 Å². The van der Waals surface area contributed by atoms with E-state index in [1.807, 2.05) is 6.07 Å². The second-order valence-electron chi connectivity index (χ2n) is 4.43. The molecule has 0 spiro atoms. The van der Waals surface area contributed by atoms with Crippen molar-refractivity contribution in [1.29, 1.82) is 0 Å². The number of methoxy groups -OCH3 is 1. The lowest BCUT2D eigenvalue weighted by Crippen LogP contribution is -2.19. The standard InChI is InChI=1S/C16H17F2NOS/c1-20-10-9-19-11-12-5-4-7-14(18)16(12)21-15-8-3-2-6-13(15)17/h2-8,19H,9-11H2,1H3. The van der Waals surface area contributed by atoms with Gasteiger partial charge in [0.05, 0.1) is 11.5 Å². The Morgan fingerprint density at radius 1 is 1.05 bits per heavy atom. The fourth-order valence-electron chi connectivity index (χ4n) is 1.84. The lowest BCUT2D eigenvalue weighted by Gasteiger charge is -2.11. The maximum atomic E-state index is 14.0. The molecule has 21 heavy (non-hydrogen) atoms. The quantitative estimate of drug-likeness (QED) is 0.785. The van der Waals surface area contributed by atoms with Crippen LogP contribution in [0.15, 0.2) is 52.3 Å². The molecule has 1 N–H and O–H groups in total. The van der Waals surface area contributed by atoms with Gasteiger partial charge in [-0.3, -0.25) is 0 Å². The molecular formula is C16H17F2NOS. The van der Waals surface area contributed by atoms with Crippen molar-refractivity contribution in [3.63, 3.8) is 0 Å². The van der Waals surface area contributed by atoms with Gasteiger partial charge in [-0.2, -0.15) is 0 Å². The molecule has 0 amide bonds. The minimum Gasteiger partial charge on any atom is -0.383 e. The summed E-state index contributed by atoms with van der Waals surface area (Å²) in [7, 11) is 1.63. The molecule has 2 nitrogen and oxygen atoms in total. The number of nitrogens with one attached hydrogen (secondary N) is 1. The van der Waals surface area contributed by atoms with Crippen molar-refractivity contribution < 1.29 is 13.5 Å². The molecule has 2 aromatic carbocycles. The van der Waals surface area contributed by atoms with Crippen LogP contribution in [0.2, 0.25) is 0 Å². The van der Waals surface area contributed by atoms with Crippen molar-refractivity contribution in [3.05, 3.63) is 59.7 Å². The van der Waals surface area contributed by atoms with Gasteiger partial charge in [0.1, 0.15) is 11.6 Å². The Morgan fingerprint density at radius 2 is 1.81 bits per heavy atom. The monoisotopic (exact) mass is 309 g/mol. The van der Waals surface area contributed by atoms with Crippen LogP contribution in [0.3, 0.4) is 0 Å². The normalized spacial score (nSPS) is 10.8. The molecule has 0 aliphatic carbocycles. The van der Waals surface area contributed by atoms with Crippen LogP contribution in [-0.4, -0.2) is 20.3 Å². The summed E-state index contributed by atoms with van der Waals surface area (Å²) in [5.74, 6) is -0.682. The van der Waals surface area contributed by atoms with Crippen molar-refractivity contribution in [2.75, 3.05) is 20.3 Å². The van der Waals surface area contributed by atoms with Gasteiger partial charge in [-0.15, -0.1) is 0 Å². The first-order chi connectivity index (χ1) is 10.2. The molecule has 0 bridgehead atoms. The third-order valence-corrected chi connectivity index (χ3v) is 4.11. The first-order valence-corrected chi connectivity index (χ1v) is 7.43. The Labute approximate surface area is 127 Å². The van der Waals surface area contributed by atoms with Crippen molar-refractivity contribution in [2.45, 2.75) is 16.3 Å². The molecule has 0 aliphatic heterocycles. The molecule has 2 aromatic rings. The van der Waals surface area contributed by atoms with E-state index in [-0.39, 0.29) is 11.6 Å². The summed E-state index contributed by atoms with van der Waals surface area (Å²) in [4.78, 5) is 0.869. The molecule has 0 fully saturated rings. The molecule has 112 valence electrons. The summed E-state index contributed by atoms with van der Waals surface area (Å²) in [6, 6.07) is 11.3. The van der Waals surface area contributed by atoms with Crippen molar-refractivity contribution in [2.24, 2.45) is 0 Å². The van der Waals surface area contributed by atoms with E-state index in [0.29, 0.717) is 29.5 Å². The highest BCUT2D eigenvalue weighted by Gasteiger charge is 2.12. The van der Waals surface area contributed by atoms with E-state index in [4.69, 9.17) is 4.74 Å². The van der Waals surface area contributed by atoms with E-state index in [1.165, 1.54) is 12.1 Å². The fraction of sp³-hybridized carbons (Fsp3) is 0.250. The molecular weight excluding hydrogens is 292 g/mol. The fourth-order valence-corrected chi connectivity index (χ4v) is 2.81. The minimum absolute atomic E-state index is 0.339. The Hall–Kier alpha value is -1.43. The van der Waals surface area contributed by atoms with Gasteiger partial charge in [0, 0.05) is 25.1 Å². The largest absolute Gasteiger partial charge is 0.383 e. The van der Waals surface area contributed by atoms with Gasteiger partial charge in [0.25, 0.3) is 0 Å². The highest BCUT2D eigenvalue weighted by atomic mass is 32.2. The Balaban J connectivity index is 2.16. The summed E-state index contributed by atoms with van der Waals surface area (Å²) in [5, 5.41) is 3.17. The number of hydrogen-bond donors (Lipinski definition) is 1. The van der Waals surface area contributed by atoms with Gasteiger partial charge >= 0.3 is 0 Å². The van der Waals surface area contributed by atoms with Gasteiger partial charge < -0.3 is 10.1 Å². The number of hydrogen-bond acceptors (Lipinski definition) is 3. The van der Waals surface area contributed by atoms with Crippen LogP contribution in [0.4, 0.5) is 8.78 Å². The van der Waals surface area contributed by atoms with E-state index in [2.05, 4.69) is 5.32 Å². The average molecular weight is 309 g/mol. The van der Waals surface area contributed by atoms with E-state index < -0.39 is 0 Å². The minimum atomic E-state index is -0.343. The highest BCUT2D eigenvalue weighted by molar-refractivity contribution is 7.99. The van der Waals surface area contributed by atoms with Crippen LogP contribution < -0.4 is 5.32 Å². The lowest BCUT2D eigenvalue weighted by atomic mass is 10.2. The van der Waals surface area contributed by atoms with E-state index in [0.717, 1.165) is 17.3 Å². The predicted molar refractivity (Wildman–Crippen MR) is 80.5 cm³/mol. The Bertz CT molecular complexity index is 592. The number of benzene rings is 2. The zero-order chi connectivity index (χ0) is 15.1. The lowest BCUT2D eigenvalue weighted by molar-refractivity contribution is 0.199. The molecule has 0 unspecified atom stereocenters. The van der Waals surface area contributed by atoms with E-state index >= 15 is 0 Å². The topological polar surface area (TPSA) is 21.3 Å². The maximum absolute atomic E-state index is 14.0. The summed E-state index contributed by atoms with van der Waals surface area (Å²) in [6.07, 6.45) is 0. The van der Waals surface area contributed by atoms with Crippen LogP contribution >= 0.6 is 11.8 Å². The van der Waals surface area contributed by atoms with Crippen LogP contribution in [0.5, 0.6) is 0 Å². The third-order valence-electron chi connectivity index (χ3n) is 2.90. The van der Waals surface area contributed by atoms with Gasteiger partial charge in [-0.25, -0.2) is 8.78 Å². The molecule has 0 saturated carbocycles. The van der Waals surface area contributed by atoms with Crippen molar-refractivity contribution in [3.8, 4) is 0 Å². The zero-order valence-electron chi connectivity index (χ0n) is 11.7. The number of rotatable bonds is 7. The molecule has 0 saturated heterocycles. The summed E-state index contributed by atoms with van der Waals surface area (Å²) >= 11 is 1.11. The highest BCUT2D eigenvalue weighted by Crippen LogP contribution is 2.34. The molecule has 0 radical (unpaired) electrons. The number of halogens is 2. The average Bonchev–Trinajstić information content (AvgIpc) is 2.49. The summed E-state index contributed by atoms with van der Waals surface area (Å²) in [6.45, 7) is 1.78. The van der Waals surface area contributed by atoms with E-state index in [1.54, 1.807) is 31.4 Å². The third kappa shape index (κ3) is 4.52. The van der Waals surface area contributed by atoms with Gasteiger partial charge in [0.2, 0.25) is 0 Å². The maximum Gasteiger partial charge on any atom is 0.137 e. The van der Waals surface area contributed by atoms with Crippen molar-refractivity contribution >= 4 is 11.8 Å². The first-order valence-electron chi connectivity index (χ1n) is 6.62. The zero-order valence-corrected chi connectivity index (χ0v) is 12.6. The first kappa shape index (κ1) is 15.9. The molecule has 0 heterocycles. The second-order valence-corrected chi connectivity index (χ2v) is 5.48. The van der Waals surface area contributed by atoms with Gasteiger partial charge in [0.15, 0.2) is 0 Å². The smallest absolute Gasteiger partial charge is 0.137 e. The Kier molecular flexibility index (Phi) is 6.17. The molecule has 0 aliphatic rings. The van der Waals surface area contributed by atoms with Crippen LogP contribution in [0.1, 0.15) is 5.56 Å². The summed E-state index contributed by atoms with van der Waals surface area (Å²) in [5.41, 5.74) is 0.805. The molecule has 0 aromatic heterocycles. The van der Waals surface area contributed by atoms with Crippen LogP contribution in [0, 0.1) is 11.6 Å². The SMILES string of the molecule is COCCNCc1cccc(F)c1Sc1ccccc1F. The summed E-state index contributed by atoms with van der Waals surface area (Å²) < 4.78 is 32.7. The van der Waals surface area contributed by atoms with Gasteiger partial charge in [-0.1, -0.05) is 36.0 Å². The molecule has 0 atom stereocenters. The molecule has 2 rings (SSSR count). The second kappa shape index (κ2) is 8.12. The van der Waals surface area contributed by atoms with Gasteiger partial charge in [-0.05, 0) is 23.8 Å². The van der Waals surface area contributed by atoms with E-state index in [9.17, 15) is 8.78 Å². The predicted octanol–water partition coefficient (Wildman–Crippen LogP) is 3.85. The Morgan fingerprint density at radius 3 is 2.57 bits per heavy atom. The van der Waals surface area contributed by atoms with Crippen LogP contribution in [0.25, 0.3) is 0 Å². The molecule has 5 heteroatoms. The van der Waals surface area contributed by atoms with Crippen molar-refractivity contribution in [1.82, 2.24) is 5.32 Å².